The molecule has 6 heteroatoms. The van der Waals surface area contributed by atoms with Crippen molar-refractivity contribution < 1.29 is 14.7 Å². The number of likely N-dealkylation sites (tertiary alicyclic amines) is 1. The zero-order chi connectivity index (χ0) is 14.5. The molecular formula is C14H19N3O3. The molecule has 108 valence electrons. The average Bonchev–Trinajstić information content (AvgIpc) is 3.02. The lowest BCUT2D eigenvalue weighted by atomic mass is 9.82. The first-order valence-corrected chi connectivity index (χ1v) is 7.00. The summed E-state index contributed by atoms with van der Waals surface area (Å²) in [6, 6.07) is -0.165. The number of carboxylic acids is 1. The maximum absolute atomic E-state index is 12.7. The van der Waals surface area contributed by atoms with Crippen molar-refractivity contribution in [2.24, 2.45) is 12.5 Å². The van der Waals surface area contributed by atoms with E-state index in [1.54, 1.807) is 22.8 Å². The fourth-order valence-corrected chi connectivity index (χ4v) is 3.87. The van der Waals surface area contributed by atoms with Gasteiger partial charge in [-0.1, -0.05) is 6.42 Å². The van der Waals surface area contributed by atoms with Crippen LogP contribution in [-0.2, 0) is 11.8 Å². The number of amides is 1. The highest BCUT2D eigenvalue weighted by Gasteiger charge is 2.57. The number of hydrogen-bond acceptors (Lipinski definition) is 3. The van der Waals surface area contributed by atoms with Crippen molar-refractivity contribution in [3.63, 3.8) is 0 Å². The number of aliphatic carboxylic acids is 1. The number of carbonyl (C=O) groups is 2. The Kier molecular flexibility index (Phi) is 2.84. The third-order valence-corrected chi connectivity index (χ3v) is 4.92. The second-order valence-corrected chi connectivity index (χ2v) is 5.92. The number of carboxylic acid groups (broad SMARTS) is 1. The zero-order valence-corrected chi connectivity index (χ0v) is 11.8. The van der Waals surface area contributed by atoms with Gasteiger partial charge in [0, 0.05) is 19.6 Å². The van der Waals surface area contributed by atoms with E-state index in [0.29, 0.717) is 25.1 Å². The largest absolute Gasteiger partial charge is 0.481 e. The lowest BCUT2D eigenvalue weighted by molar-refractivity contribution is -0.149. The summed E-state index contributed by atoms with van der Waals surface area (Å²) in [6.45, 7) is 2.38. The first-order chi connectivity index (χ1) is 9.47. The molecule has 1 aliphatic heterocycles. The fourth-order valence-electron chi connectivity index (χ4n) is 3.87. The Morgan fingerprint density at radius 3 is 2.80 bits per heavy atom. The summed E-state index contributed by atoms with van der Waals surface area (Å²) in [5.41, 5.74) is 0.684. The molecule has 2 atom stereocenters. The van der Waals surface area contributed by atoms with E-state index in [4.69, 9.17) is 0 Å². The highest BCUT2D eigenvalue weighted by atomic mass is 16.4. The number of aromatic nitrogens is 2. The van der Waals surface area contributed by atoms with Crippen molar-refractivity contribution in [2.75, 3.05) is 6.54 Å². The van der Waals surface area contributed by atoms with Crippen LogP contribution in [0.1, 0.15) is 41.7 Å². The van der Waals surface area contributed by atoms with E-state index in [2.05, 4.69) is 5.10 Å². The van der Waals surface area contributed by atoms with Crippen LogP contribution >= 0.6 is 0 Å². The minimum atomic E-state index is -0.753. The Morgan fingerprint density at radius 1 is 1.45 bits per heavy atom. The van der Waals surface area contributed by atoms with Crippen molar-refractivity contribution in [1.29, 1.82) is 0 Å². The molecule has 1 amide bonds. The number of hydrogen-bond donors (Lipinski definition) is 1. The monoisotopic (exact) mass is 277 g/mol. The van der Waals surface area contributed by atoms with Gasteiger partial charge in [0.15, 0.2) is 0 Å². The summed E-state index contributed by atoms with van der Waals surface area (Å²) in [4.78, 5) is 26.1. The Hall–Kier alpha value is -1.85. The molecule has 3 rings (SSSR count). The van der Waals surface area contributed by atoms with Crippen LogP contribution in [0.25, 0.3) is 0 Å². The van der Waals surface area contributed by atoms with E-state index < -0.39 is 11.4 Å². The lowest BCUT2D eigenvalue weighted by Gasteiger charge is -2.29. The van der Waals surface area contributed by atoms with Crippen LogP contribution in [0, 0.1) is 12.3 Å². The van der Waals surface area contributed by atoms with Crippen LogP contribution in [0.5, 0.6) is 0 Å². The molecule has 2 heterocycles. The lowest BCUT2D eigenvalue weighted by Crippen LogP contribution is -2.43. The number of nitrogens with zero attached hydrogens (tertiary/aromatic N) is 3. The van der Waals surface area contributed by atoms with Gasteiger partial charge in [-0.3, -0.25) is 14.3 Å². The maximum Gasteiger partial charge on any atom is 0.311 e. The molecule has 0 radical (unpaired) electrons. The van der Waals surface area contributed by atoms with E-state index in [1.165, 1.54) is 0 Å². The molecule has 1 aromatic heterocycles. The summed E-state index contributed by atoms with van der Waals surface area (Å²) in [5, 5.41) is 13.7. The molecule has 0 unspecified atom stereocenters. The molecule has 1 saturated carbocycles. The molecule has 0 bridgehead atoms. The minimum Gasteiger partial charge on any atom is -0.481 e. The second-order valence-electron chi connectivity index (χ2n) is 5.92. The SMILES string of the molecule is Cc1cnn(C)c1C(=O)N1CC[C@]2(C(=O)O)CCC[C@H]12. The van der Waals surface area contributed by atoms with Crippen LogP contribution < -0.4 is 0 Å². The predicted molar refractivity (Wildman–Crippen MR) is 71.3 cm³/mol. The molecule has 1 aliphatic carbocycles. The van der Waals surface area contributed by atoms with Crippen LogP contribution in [0.3, 0.4) is 0 Å². The smallest absolute Gasteiger partial charge is 0.311 e. The van der Waals surface area contributed by atoms with E-state index in [9.17, 15) is 14.7 Å². The van der Waals surface area contributed by atoms with E-state index in [0.717, 1.165) is 18.4 Å². The van der Waals surface area contributed by atoms with E-state index >= 15 is 0 Å². The third-order valence-electron chi connectivity index (χ3n) is 4.92. The van der Waals surface area contributed by atoms with Crippen LogP contribution in [0.2, 0.25) is 0 Å². The number of carbonyl (C=O) groups excluding carboxylic acids is 1. The molecule has 0 aromatic carbocycles. The maximum atomic E-state index is 12.7. The van der Waals surface area contributed by atoms with Gasteiger partial charge in [0.2, 0.25) is 0 Å². The van der Waals surface area contributed by atoms with E-state index in [1.807, 2.05) is 6.92 Å². The molecule has 2 aliphatic rings. The first kappa shape index (κ1) is 13.1. The van der Waals surface area contributed by atoms with Crippen LogP contribution in [0.4, 0.5) is 0 Å². The molecule has 1 aromatic rings. The average molecular weight is 277 g/mol. The molecule has 1 saturated heterocycles. The molecule has 1 N–H and O–H groups in total. The summed E-state index contributed by atoms with van der Waals surface area (Å²) >= 11 is 0. The standard InChI is InChI=1S/C14H19N3O3/c1-9-8-15-16(2)11(9)12(18)17-7-6-14(13(19)20)5-3-4-10(14)17/h8,10H,3-7H2,1-2H3,(H,19,20)/t10-,14+/m0/s1. The molecule has 6 nitrogen and oxygen atoms in total. The van der Waals surface area contributed by atoms with Gasteiger partial charge in [-0.2, -0.15) is 5.10 Å². The van der Waals surface area contributed by atoms with Crippen LogP contribution in [-0.4, -0.2) is 44.3 Å². The number of fused-ring (bicyclic) bond motifs is 1. The summed E-state index contributed by atoms with van der Waals surface area (Å²) in [5.74, 6) is -0.838. The quantitative estimate of drug-likeness (QED) is 0.881. The number of aryl methyl sites for hydroxylation is 2. The summed E-state index contributed by atoms with van der Waals surface area (Å²) in [6.07, 6.45) is 4.58. The van der Waals surface area contributed by atoms with Crippen molar-refractivity contribution in [3.05, 3.63) is 17.5 Å². The van der Waals surface area contributed by atoms with Gasteiger partial charge in [0.25, 0.3) is 5.91 Å². The normalized spacial score (nSPS) is 28.7. The van der Waals surface area contributed by atoms with Gasteiger partial charge in [-0.05, 0) is 31.7 Å². The van der Waals surface area contributed by atoms with Crippen molar-refractivity contribution in [3.8, 4) is 0 Å². The van der Waals surface area contributed by atoms with Crippen molar-refractivity contribution in [1.82, 2.24) is 14.7 Å². The fraction of sp³-hybridized carbons (Fsp3) is 0.643. The van der Waals surface area contributed by atoms with Crippen molar-refractivity contribution in [2.45, 2.75) is 38.6 Å². The first-order valence-electron chi connectivity index (χ1n) is 7.00. The Balaban J connectivity index is 1.93. The van der Waals surface area contributed by atoms with Gasteiger partial charge >= 0.3 is 5.97 Å². The van der Waals surface area contributed by atoms with Crippen LogP contribution in [0.15, 0.2) is 6.20 Å². The topological polar surface area (TPSA) is 75.4 Å². The number of rotatable bonds is 2. The summed E-state index contributed by atoms with van der Waals surface area (Å²) < 4.78 is 1.58. The molecule has 2 fully saturated rings. The van der Waals surface area contributed by atoms with Crippen molar-refractivity contribution >= 4 is 11.9 Å². The van der Waals surface area contributed by atoms with Gasteiger partial charge in [-0.15, -0.1) is 0 Å². The Morgan fingerprint density at radius 2 is 2.20 bits per heavy atom. The van der Waals surface area contributed by atoms with Gasteiger partial charge < -0.3 is 10.0 Å². The summed E-state index contributed by atoms with van der Waals surface area (Å²) in [7, 11) is 1.75. The highest BCUT2D eigenvalue weighted by molar-refractivity contribution is 5.95. The minimum absolute atomic E-state index is 0.0856. The predicted octanol–water partition coefficient (Wildman–Crippen LogP) is 1.20. The van der Waals surface area contributed by atoms with Gasteiger partial charge in [0.1, 0.15) is 5.69 Å². The molecule has 0 spiro atoms. The van der Waals surface area contributed by atoms with Gasteiger partial charge in [-0.25, -0.2) is 0 Å². The second kappa shape index (κ2) is 4.33. The Bertz CT molecular complexity index is 561. The van der Waals surface area contributed by atoms with Gasteiger partial charge in [0.05, 0.1) is 11.6 Å². The highest BCUT2D eigenvalue weighted by Crippen LogP contribution is 2.49. The molecular weight excluding hydrogens is 258 g/mol. The Labute approximate surface area is 117 Å². The zero-order valence-electron chi connectivity index (χ0n) is 11.8. The van der Waals surface area contributed by atoms with E-state index in [-0.39, 0.29) is 11.9 Å². The third kappa shape index (κ3) is 1.60. The molecule has 20 heavy (non-hydrogen) atoms.